The Morgan fingerprint density at radius 3 is 2.33 bits per heavy atom. The predicted molar refractivity (Wildman–Crippen MR) is 92.9 cm³/mol. The monoisotopic (exact) mass is 330 g/mol. The molecule has 0 saturated heterocycles. The molecule has 128 valence electrons. The Hall–Kier alpha value is -2.36. The lowest BCUT2D eigenvalue weighted by Crippen LogP contribution is -2.12. The van der Waals surface area contributed by atoms with Crippen molar-refractivity contribution in [3.05, 3.63) is 53.8 Å². The second-order valence-electron chi connectivity index (χ2n) is 6.14. The van der Waals surface area contributed by atoms with Gasteiger partial charge < -0.3 is 9.84 Å². The fourth-order valence-corrected chi connectivity index (χ4v) is 2.69. The van der Waals surface area contributed by atoms with Crippen molar-refractivity contribution < 1.29 is 19.0 Å². The molecule has 24 heavy (non-hydrogen) atoms. The van der Waals surface area contributed by atoms with Crippen LogP contribution in [0.15, 0.2) is 42.5 Å². The fraction of sp³-hybridized carbons (Fsp3) is 0.350. The van der Waals surface area contributed by atoms with Crippen LogP contribution in [0.5, 0.6) is 5.75 Å². The molecule has 0 radical (unpaired) electrons. The topological polar surface area (TPSA) is 46.5 Å². The second-order valence-corrected chi connectivity index (χ2v) is 6.14. The van der Waals surface area contributed by atoms with Crippen molar-refractivity contribution in [1.29, 1.82) is 0 Å². The minimum atomic E-state index is -0.844. The Labute approximate surface area is 142 Å². The van der Waals surface area contributed by atoms with Crippen LogP contribution < -0.4 is 4.74 Å². The number of aliphatic carboxylic acids is 1. The molecule has 2 aromatic rings. The van der Waals surface area contributed by atoms with E-state index in [1.54, 1.807) is 18.2 Å². The van der Waals surface area contributed by atoms with Crippen LogP contribution in [-0.4, -0.2) is 17.2 Å². The average molecular weight is 330 g/mol. The SMILES string of the molecule is CCCC(C(=O)O)c1cc(OC(C)C)cc(-c2ccc(F)cc2)c1. The van der Waals surface area contributed by atoms with Crippen LogP contribution in [0.3, 0.4) is 0 Å². The van der Waals surface area contributed by atoms with E-state index in [0.29, 0.717) is 17.7 Å². The number of hydrogen-bond acceptors (Lipinski definition) is 2. The van der Waals surface area contributed by atoms with Crippen LogP contribution in [0.25, 0.3) is 11.1 Å². The molecule has 2 aromatic carbocycles. The number of hydrogen-bond donors (Lipinski definition) is 1. The summed E-state index contributed by atoms with van der Waals surface area (Å²) in [5.74, 6) is -1.10. The maximum atomic E-state index is 13.2. The summed E-state index contributed by atoms with van der Waals surface area (Å²) in [6, 6.07) is 11.7. The maximum Gasteiger partial charge on any atom is 0.310 e. The highest BCUT2D eigenvalue weighted by atomic mass is 19.1. The summed E-state index contributed by atoms with van der Waals surface area (Å²) in [7, 11) is 0. The Bertz CT molecular complexity index is 693. The first-order chi connectivity index (χ1) is 11.4. The first kappa shape index (κ1) is 18.0. The van der Waals surface area contributed by atoms with E-state index in [9.17, 15) is 14.3 Å². The summed E-state index contributed by atoms with van der Waals surface area (Å²) in [6.45, 7) is 5.81. The highest BCUT2D eigenvalue weighted by molar-refractivity contribution is 5.78. The lowest BCUT2D eigenvalue weighted by atomic mass is 9.91. The molecule has 1 N–H and O–H groups in total. The van der Waals surface area contributed by atoms with Gasteiger partial charge in [-0.25, -0.2) is 4.39 Å². The standard InChI is InChI=1S/C20H23FO3/c1-4-5-19(20(22)23)16-10-15(11-18(12-16)24-13(2)3)14-6-8-17(21)9-7-14/h6-13,19H,4-5H2,1-3H3,(H,22,23). The highest BCUT2D eigenvalue weighted by Crippen LogP contribution is 2.32. The zero-order chi connectivity index (χ0) is 17.7. The molecule has 0 fully saturated rings. The summed E-state index contributed by atoms with van der Waals surface area (Å²) in [5, 5.41) is 9.54. The molecule has 0 heterocycles. The molecule has 0 amide bonds. The van der Waals surface area contributed by atoms with E-state index in [1.807, 2.05) is 32.9 Å². The largest absolute Gasteiger partial charge is 0.491 e. The molecule has 3 nitrogen and oxygen atoms in total. The van der Waals surface area contributed by atoms with Crippen molar-refractivity contribution in [1.82, 2.24) is 0 Å². The molecule has 0 saturated carbocycles. The van der Waals surface area contributed by atoms with Gasteiger partial charge in [-0.15, -0.1) is 0 Å². The van der Waals surface area contributed by atoms with Crippen molar-refractivity contribution >= 4 is 5.97 Å². The summed E-state index contributed by atoms with van der Waals surface area (Å²) in [4.78, 5) is 11.6. The molecule has 1 unspecified atom stereocenters. The van der Waals surface area contributed by atoms with E-state index >= 15 is 0 Å². The Balaban J connectivity index is 2.51. The van der Waals surface area contributed by atoms with Gasteiger partial charge in [0.2, 0.25) is 0 Å². The molecule has 4 heteroatoms. The van der Waals surface area contributed by atoms with Crippen LogP contribution in [0.1, 0.15) is 45.1 Å². The third kappa shape index (κ3) is 4.57. The number of carboxylic acid groups (broad SMARTS) is 1. The van der Waals surface area contributed by atoms with Gasteiger partial charge in [0.25, 0.3) is 0 Å². The van der Waals surface area contributed by atoms with Crippen molar-refractivity contribution in [2.24, 2.45) is 0 Å². The lowest BCUT2D eigenvalue weighted by molar-refractivity contribution is -0.139. The number of benzene rings is 2. The zero-order valence-electron chi connectivity index (χ0n) is 14.3. The molecule has 0 aliphatic heterocycles. The van der Waals surface area contributed by atoms with Gasteiger partial charge in [0.1, 0.15) is 11.6 Å². The first-order valence-electron chi connectivity index (χ1n) is 8.21. The van der Waals surface area contributed by atoms with Gasteiger partial charge in [-0.2, -0.15) is 0 Å². The molecule has 0 aliphatic carbocycles. The quantitative estimate of drug-likeness (QED) is 0.754. The molecule has 0 spiro atoms. The Kier molecular flexibility index (Phi) is 5.96. The normalized spacial score (nSPS) is 12.2. The number of carbonyl (C=O) groups is 1. The van der Waals surface area contributed by atoms with Crippen LogP contribution in [0, 0.1) is 5.82 Å². The van der Waals surface area contributed by atoms with Gasteiger partial charge in [-0.3, -0.25) is 4.79 Å². The van der Waals surface area contributed by atoms with E-state index in [4.69, 9.17) is 4.74 Å². The summed E-state index contributed by atoms with van der Waals surface area (Å²) < 4.78 is 18.9. The zero-order valence-corrected chi connectivity index (χ0v) is 14.3. The van der Waals surface area contributed by atoms with Crippen molar-refractivity contribution in [3.8, 4) is 16.9 Å². The number of ether oxygens (including phenoxy) is 1. The van der Waals surface area contributed by atoms with Crippen molar-refractivity contribution in [2.45, 2.75) is 45.6 Å². The van der Waals surface area contributed by atoms with E-state index < -0.39 is 11.9 Å². The summed E-state index contributed by atoms with van der Waals surface area (Å²) in [5.41, 5.74) is 2.36. The van der Waals surface area contributed by atoms with Gasteiger partial charge in [-0.05, 0) is 61.2 Å². The average Bonchev–Trinajstić information content (AvgIpc) is 2.52. The third-order valence-electron chi connectivity index (χ3n) is 3.76. The van der Waals surface area contributed by atoms with Gasteiger partial charge in [0, 0.05) is 0 Å². The van der Waals surface area contributed by atoms with Crippen molar-refractivity contribution in [2.75, 3.05) is 0 Å². The van der Waals surface area contributed by atoms with Gasteiger partial charge in [0.15, 0.2) is 0 Å². The van der Waals surface area contributed by atoms with E-state index in [1.165, 1.54) is 12.1 Å². The molecule has 0 aliphatic rings. The Morgan fingerprint density at radius 1 is 1.12 bits per heavy atom. The van der Waals surface area contributed by atoms with Gasteiger partial charge >= 0.3 is 5.97 Å². The van der Waals surface area contributed by atoms with Gasteiger partial charge in [-0.1, -0.05) is 31.5 Å². The Morgan fingerprint density at radius 2 is 1.79 bits per heavy atom. The fourth-order valence-electron chi connectivity index (χ4n) is 2.69. The summed E-state index contributed by atoms with van der Waals surface area (Å²) in [6.07, 6.45) is 1.32. The van der Waals surface area contributed by atoms with Crippen LogP contribution in [-0.2, 0) is 4.79 Å². The second kappa shape index (κ2) is 7.95. The molecular weight excluding hydrogens is 307 g/mol. The van der Waals surface area contributed by atoms with E-state index in [0.717, 1.165) is 17.5 Å². The van der Waals surface area contributed by atoms with Crippen LogP contribution in [0.4, 0.5) is 4.39 Å². The molecule has 0 aromatic heterocycles. The third-order valence-corrected chi connectivity index (χ3v) is 3.76. The number of halogens is 1. The number of rotatable bonds is 7. The molecule has 0 bridgehead atoms. The van der Waals surface area contributed by atoms with Gasteiger partial charge in [0.05, 0.1) is 12.0 Å². The van der Waals surface area contributed by atoms with Crippen molar-refractivity contribution in [3.63, 3.8) is 0 Å². The maximum absolute atomic E-state index is 13.2. The smallest absolute Gasteiger partial charge is 0.310 e. The first-order valence-corrected chi connectivity index (χ1v) is 8.21. The van der Waals surface area contributed by atoms with Crippen LogP contribution in [0.2, 0.25) is 0 Å². The van der Waals surface area contributed by atoms with E-state index in [2.05, 4.69) is 0 Å². The molecular formula is C20H23FO3. The highest BCUT2D eigenvalue weighted by Gasteiger charge is 2.20. The molecule has 1 atom stereocenters. The van der Waals surface area contributed by atoms with Crippen LogP contribution >= 0.6 is 0 Å². The lowest BCUT2D eigenvalue weighted by Gasteiger charge is -2.17. The number of carboxylic acids is 1. The molecule has 2 rings (SSSR count). The van der Waals surface area contributed by atoms with E-state index in [-0.39, 0.29) is 11.9 Å². The minimum absolute atomic E-state index is 0.0178. The summed E-state index contributed by atoms with van der Waals surface area (Å²) >= 11 is 0. The minimum Gasteiger partial charge on any atom is -0.491 e. The predicted octanol–water partition coefficient (Wildman–Crippen LogP) is 5.25.